The van der Waals surface area contributed by atoms with Crippen molar-refractivity contribution in [2.24, 2.45) is 10.7 Å². The van der Waals surface area contributed by atoms with Crippen LogP contribution in [0.15, 0.2) is 34.2 Å². The third-order valence-electron chi connectivity index (χ3n) is 3.14. The van der Waals surface area contributed by atoms with Crippen LogP contribution >= 0.6 is 47.3 Å². The molecule has 0 radical (unpaired) electrons. The van der Waals surface area contributed by atoms with Crippen molar-refractivity contribution in [1.82, 2.24) is 4.90 Å². The summed E-state index contributed by atoms with van der Waals surface area (Å²) in [5.74, 6) is 2.43. The molecule has 9 heteroatoms. The van der Waals surface area contributed by atoms with Crippen LogP contribution in [0.4, 0.5) is 0 Å². The molecule has 0 spiro atoms. The highest BCUT2D eigenvalue weighted by Crippen LogP contribution is 2.15. The van der Waals surface area contributed by atoms with Gasteiger partial charge in [-0.15, -0.1) is 24.0 Å². The van der Waals surface area contributed by atoms with Gasteiger partial charge >= 0.3 is 0 Å². The van der Waals surface area contributed by atoms with Gasteiger partial charge in [-0.05, 0) is 24.3 Å². The summed E-state index contributed by atoms with van der Waals surface area (Å²) in [5.41, 5.74) is 5.89. The lowest BCUT2D eigenvalue weighted by atomic mass is 10.4. The van der Waals surface area contributed by atoms with E-state index in [9.17, 15) is 8.42 Å². The SMILES string of the molecule is I.NC(=NCCS(=O)(=O)c1ccc(Cl)cc1)N1CCSCC1. The van der Waals surface area contributed by atoms with Gasteiger partial charge in [0.25, 0.3) is 0 Å². The molecule has 1 saturated heterocycles. The van der Waals surface area contributed by atoms with E-state index in [1.165, 1.54) is 12.1 Å². The summed E-state index contributed by atoms with van der Waals surface area (Å²) in [6.07, 6.45) is 0. The van der Waals surface area contributed by atoms with Gasteiger partial charge < -0.3 is 10.6 Å². The molecule has 0 unspecified atom stereocenters. The van der Waals surface area contributed by atoms with Gasteiger partial charge in [0.15, 0.2) is 15.8 Å². The predicted molar refractivity (Wildman–Crippen MR) is 104 cm³/mol. The Morgan fingerprint density at radius 1 is 1.27 bits per heavy atom. The van der Waals surface area contributed by atoms with E-state index in [2.05, 4.69) is 4.99 Å². The first-order valence-corrected chi connectivity index (χ1v) is 9.78. The van der Waals surface area contributed by atoms with Gasteiger partial charge in [-0.25, -0.2) is 8.42 Å². The Morgan fingerprint density at radius 2 is 1.86 bits per heavy atom. The van der Waals surface area contributed by atoms with Crippen LogP contribution in [-0.4, -0.2) is 56.2 Å². The second-order valence-electron chi connectivity index (χ2n) is 4.61. The lowest BCUT2D eigenvalue weighted by molar-refractivity contribution is 0.456. The maximum Gasteiger partial charge on any atom is 0.191 e. The first kappa shape index (κ1) is 19.9. The first-order valence-electron chi connectivity index (χ1n) is 6.60. The van der Waals surface area contributed by atoms with E-state index in [0.717, 1.165) is 24.6 Å². The number of hydrogen-bond donors (Lipinski definition) is 1. The third kappa shape index (κ3) is 5.78. The van der Waals surface area contributed by atoms with E-state index in [-0.39, 0.29) is 41.2 Å². The molecule has 0 aromatic heterocycles. The lowest BCUT2D eigenvalue weighted by Crippen LogP contribution is -2.42. The van der Waals surface area contributed by atoms with Crippen LogP contribution in [0.5, 0.6) is 0 Å². The Balaban J connectivity index is 0.00000242. The molecular formula is C13H19ClIN3O2S2. The van der Waals surface area contributed by atoms with Gasteiger partial charge in [0.2, 0.25) is 0 Å². The summed E-state index contributed by atoms with van der Waals surface area (Å²) in [7, 11) is -3.35. The molecule has 1 aromatic rings. The molecule has 0 bridgehead atoms. The maximum absolute atomic E-state index is 12.1. The number of sulfone groups is 1. The molecule has 5 nitrogen and oxygen atoms in total. The number of aliphatic imine (C=N–C) groups is 1. The van der Waals surface area contributed by atoms with Crippen molar-refractivity contribution in [3.63, 3.8) is 0 Å². The Bertz CT molecular complexity index is 602. The van der Waals surface area contributed by atoms with E-state index in [0.29, 0.717) is 11.0 Å². The van der Waals surface area contributed by atoms with Gasteiger partial charge in [0, 0.05) is 29.6 Å². The fourth-order valence-electron chi connectivity index (χ4n) is 1.93. The molecule has 1 fully saturated rings. The minimum absolute atomic E-state index is 0. The molecular weight excluding hydrogens is 457 g/mol. The quantitative estimate of drug-likeness (QED) is 0.410. The molecule has 0 aliphatic carbocycles. The average molecular weight is 476 g/mol. The number of guanidine groups is 1. The highest BCUT2D eigenvalue weighted by atomic mass is 127. The van der Waals surface area contributed by atoms with Crippen molar-refractivity contribution in [1.29, 1.82) is 0 Å². The van der Waals surface area contributed by atoms with E-state index in [4.69, 9.17) is 17.3 Å². The molecule has 0 saturated carbocycles. The molecule has 2 N–H and O–H groups in total. The van der Waals surface area contributed by atoms with Crippen LogP contribution in [0, 0.1) is 0 Å². The van der Waals surface area contributed by atoms with E-state index >= 15 is 0 Å². The number of thioether (sulfide) groups is 1. The number of nitrogens with two attached hydrogens (primary N) is 1. The second kappa shape index (κ2) is 9.19. The van der Waals surface area contributed by atoms with E-state index in [1.54, 1.807) is 12.1 Å². The van der Waals surface area contributed by atoms with E-state index < -0.39 is 9.84 Å². The maximum atomic E-state index is 12.1. The number of hydrogen-bond acceptors (Lipinski definition) is 4. The molecule has 1 aliphatic heterocycles. The Hall–Kier alpha value is -0.190. The summed E-state index contributed by atoms with van der Waals surface area (Å²) >= 11 is 7.64. The molecule has 2 rings (SSSR count). The van der Waals surface area contributed by atoms with Crippen molar-refractivity contribution >= 4 is 63.1 Å². The van der Waals surface area contributed by atoms with Crippen molar-refractivity contribution in [2.75, 3.05) is 36.9 Å². The topological polar surface area (TPSA) is 75.8 Å². The first-order chi connectivity index (χ1) is 9.99. The molecule has 0 atom stereocenters. The minimum atomic E-state index is -3.35. The largest absolute Gasteiger partial charge is 0.370 e. The van der Waals surface area contributed by atoms with E-state index in [1.807, 2.05) is 16.7 Å². The second-order valence-corrected chi connectivity index (χ2v) is 8.38. The van der Waals surface area contributed by atoms with Gasteiger partial charge in [0.05, 0.1) is 17.2 Å². The predicted octanol–water partition coefficient (Wildman–Crippen LogP) is 2.10. The molecule has 1 heterocycles. The van der Waals surface area contributed by atoms with Gasteiger partial charge in [-0.2, -0.15) is 11.8 Å². The zero-order chi connectivity index (χ0) is 15.3. The van der Waals surface area contributed by atoms with Crippen molar-refractivity contribution in [3.05, 3.63) is 29.3 Å². The van der Waals surface area contributed by atoms with Gasteiger partial charge in [-0.3, -0.25) is 4.99 Å². The van der Waals surface area contributed by atoms with Crippen LogP contribution in [0.25, 0.3) is 0 Å². The summed E-state index contributed by atoms with van der Waals surface area (Å²) < 4.78 is 24.3. The van der Waals surface area contributed by atoms with Crippen LogP contribution < -0.4 is 5.73 Å². The normalized spacial score (nSPS) is 16.2. The smallest absolute Gasteiger partial charge is 0.191 e. The van der Waals surface area contributed by atoms with Crippen LogP contribution in [0.3, 0.4) is 0 Å². The minimum Gasteiger partial charge on any atom is -0.370 e. The molecule has 1 aliphatic rings. The van der Waals surface area contributed by atoms with Crippen LogP contribution in [0.2, 0.25) is 5.02 Å². The van der Waals surface area contributed by atoms with Crippen molar-refractivity contribution < 1.29 is 8.42 Å². The summed E-state index contributed by atoms with van der Waals surface area (Å²) in [5, 5.41) is 0.513. The molecule has 124 valence electrons. The number of rotatable bonds is 4. The highest BCUT2D eigenvalue weighted by molar-refractivity contribution is 14.0. The van der Waals surface area contributed by atoms with Crippen molar-refractivity contribution in [2.45, 2.75) is 4.90 Å². The lowest BCUT2D eigenvalue weighted by Gasteiger charge is -2.27. The highest BCUT2D eigenvalue weighted by Gasteiger charge is 2.15. The standard InChI is InChI=1S/C13H18ClN3O2S2.HI/c14-11-1-3-12(4-2-11)21(18,19)10-5-16-13(15)17-6-8-20-9-7-17;/h1-4H,5-10H2,(H2,15,16);1H. The third-order valence-corrected chi connectivity index (χ3v) is 6.05. The zero-order valence-electron chi connectivity index (χ0n) is 11.9. The van der Waals surface area contributed by atoms with Crippen LogP contribution in [0.1, 0.15) is 0 Å². The fraction of sp³-hybridized carbons (Fsp3) is 0.462. The Kier molecular flexibility index (Phi) is 8.29. The summed E-state index contributed by atoms with van der Waals surface area (Å²) in [6.45, 7) is 1.90. The Morgan fingerprint density at radius 3 is 2.45 bits per heavy atom. The van der Waals surface area contributed by atoms with Crippen molar-refractivity contribution in [3.8, 4) is 0 Å². The number of benzene rings is 1. The number of nitrogens with zero attached hydrogens (tertiary/aromatic N) is 2. The number of halogens is 2. The zero-order valence-corrected chi connectivity index (χ0v) is 16.7. The molecule has 1 aromatic carbocycles. The summed E-state index contributed by atoms with van der Waals surface area (Å²) in [6, 6.07) is 6.15. The molecule has 22 heavy (non-hydrogen) atoms. The fourth-order valence-corrected chi connectivity index (χ4v) is 4.08. The van der Waals surface area contributed by atoms with Gasteiger partial charge in [-0.1, -0.05) is 11.6 Å². The summed E-state index contributed by atoms with van der Waals surface area (Å²) in [4.78, 5) is 6.43. The monoisotopic (exact) mass is 475 g/mol. The van der Waals surface area contributed by atoms with Crippen LogP contribution in [-0.2, 0) is 9.84 Å². The Labute approximate surface area is 157 Å². The van der Waals surface area contributed by atoms with Gasteiger partial charge in [0.1, 0.15) is 0 Å². The molecule has 0 amide bonds. The average Bonchev–Trinajstić information content (AvgIpc) is 2.48.